The molecule has 0 saturated carbocycles. The summed E-state index contributed by atoms with van der Waals surface area (Å²) in [5.74, 6) is -0.911. The third kappa shape index (κ3) is 6.08. The maximum atomic E-state index is 11.4. The van der Waals surface area contributed by atoms with Crippen LogP contribution in [-0.2, 0) is 14.3 Å². The molecule has 6 nitrogen and oxygen atoms in total. The van der Waals surface area contributed by atoms with Crippen molar-refractivity contribution in [2.45, 2.75) is 6.92 Å². The van der Waals surface area contributed by atoms with Crippen molar-refractivity contribution in [2.75, 3.05) is 26.2 Å². The predicted molar refractivity (Wildman–Crippen MR) is 59.6 cm³/mol. The van der Waals surface area contributed by atoms with Crippen LogP contribution in [0.15, 0.2) is 17.6 Å². The van der Waals surface area contributed by atoms with Crippen LogP contribution in [0.25, 0.3) is 0 Å². The molecule has 7 heteroatoms. The van der Waals surface area contributed by atoms with E-state index in [9.17, 15) is 9.59 Å². The molecule has 0 aliphatic rings. The Morgan fingerprint density at radius 2 is 2.31 bits per heavy atom. The molecular formula is C9H15BN3O3. The quantitative estimate of drug-likeness (QED) is 0.259. The zero-order valence-corrected chi connectivity index (χ0v) is 9.31. The number of carbonyl (C=O) groups excluding carboxylic acids is 2. The van der Waals surface area contributed by atoms with Gasteiger partial charge in [0, 0.05) is 0 Å². The van der Waals surface area contributed by atoms with Gasteiger partial charge in [-0.25, -0.2) is 0 Å². The summed E-state index contributed by atoms with van der Waals surface area (Å²) in [6.45, 7) is 5.47. The van der Waals surface area contributed by atoms with Gasteiger partial charge in [0.2, 0.25) is 0 Å². The van der Waals surface area contributed by atoms with Gasteiger partial charge in [-0.05, 0) is 0 Å². The third-order valence-corrected chi connectivity index (χ3v) is 1.53. The number of amides is 1. The van der Waals surface area contributed by atoms with Crippen LogP contribution in [0.5, 0.6) is 0 Å². The Morgan fingerprint density at radius 3 is 2.81 bits per heavy atom. The van der Waals surface area contributed by atoms with E-state index >= 15 is 0 Å². The number of rotatable bonds is 8. The zero-order chi connectivity index (χ0) is 12.4. The molecule has 0 atom stereocenters. The molecule has 1 amide bonds. The van der Waals surface area contributed by atoms with Crippen molar-refractivity contribution in [1.29, 1.82) is 0 Å². The van der Waals surface area contributed by atoms with E-state index in [-0.39, 0.29) is 25.6 Å². The van der Waals surface area contributed by atoms with Gasteiger partial charge in [0.25, 0.3) is 0 Å². The predicted octanol–water partition coefficient (Wildman–Crippen LogP) is -0.579. The first-order valence-corrected chi connectivity index (χ1v) is 4.82. The summed E-state index contributed by atoms with van der Waals surface area (Å²) in [4.78, 5) is 25.8. The van der Waals surface area contributed by atoms with Gasteiger partial charge >= 0.3 is 95.0 Å². The van der Waals surface area contributed by atoms with Crippen LogP contribution in [0, 0.1) is 0 Å². The van der Waals surface area contributed by atoms with Crippen molar-refractivity contribution < 1.29 is 14.3 Å². The first-order chi connectivity index (χ1) is 7.65. The van der Waals surface area contributed by atoms with Gasteiger partial charge in [-0.15, -0.1) is 0 Å². The third-order valence-electron chi connectivity index (χ3n) is 1.53. The van der Waals surface area contributed by atoms with Gasteiger partial charge in [-0.3, -0.25) is 0 Å². The van der Waals surface area contributed by atoms with Crippen molar-refractivity contribution in [3.63, 3.8) is 0 Å². The van der Waals surface area contributed by atoms with Crippen LogP contribution in [-0.4, -0.2) is 50.8 Å². The summed E-state index contributed by atoms with van der Waals surface area (Å²) >= 11 is 0. The second kappa shape index (κ2) is 8.78. The Bertz CT molecular complexity index is 271. The topological polar surface area (TPSA) is 71.0 Å². The van der Waals surface area contributed by atoms with Crippen LogP contribution >= 0.6 is 0 Å². The molecule has 0 aromatic heterocycles. The first-order valence-electron chi connectivity index (χ1n) is 4.82. The molecule has 0 rings (SSSR count). The van der Waals surface area contributed by atoms with Gasteiger partial charge in [0.05, 0.1) is 0 Å². The van der Waals surface area contributed by atoms with Crippen LogP contribution < -0.4 is 5.43 Å². The molecule has 0 heterocycles. The molecule has 0 bridgehead atoms. The molecule has 0 saturated heterocycles. The van der Waals surface area contributed by atoms with Crippen molar-refractivity contribution in [3.8, 4) is 0 Å². The van der Waals surface area contributed by atoms with Crippen molar-refractivity contribution in [1.82, 2.24) is 10.4 Å². The van der Waals surface area contributed by atoms with E-state index < -0.39 is 5.97 Å². The van der Waals surface area contributed by atoms with E-state index in [1.807, 2.05) is 0 Å². The average molecular weight is 224 g/mol. The van der Waals surface area contributed by atoms with Crippen molar-refractivity contribution in [2.24, 2.45) is 4.90 Å². The zero-order valence-electron chi connectivity index (χ0n) is 9.31. The summed E-state index contributed by atoms with van der Waals surface area (Å²) in [6, 6.07) is 0. The minimum atomic E-state index is -0.522. The van der Waals surface area contributed by atoms with Crippen LogP contribution in [0.1, 0.15) is 6.92 Å². The summed E-state index contributed by atoms with van der Waals surface area (Å²) in [5, 5.41) is 1.13. The molecule has 87 valence electrons. The molecule has 0 spiro atoms. The van der Waals surface area contributed by atoms with Crippen LogP contribution in [0.2, 0.25) is 0 Å². The van der Waals surface area contributed by atoms with E-state index in [1.165, 1.54) is 6.08 Å². The fraction of sp³-hybridized carbons (Fsp3) is 0.556. The average Bonchev–Trinajstić information content (AvgIpc) is 2.26. The second-order valence-corrected chi connectivity index (χ2v) is 2.80. The Balaban J connectivity index is 4.20. The molecular weight excluding hydrogens is 209 g/mol. The molecule has 1 radical (unpaired) electrons. The van der Waals surface area contributed by atoms with Crippen molar-refractivity contribution >= 4 is 19.5 Å². The molecule has 0 unspecified atom stereocenters. The molecule has 0 aromatic rings. The first kappa shape index (κ1) is 14.5. The second-order valence-electron chi connectivity index (χ2n) is 2.80. The minimum absolute atomic E-state index is 0.119. The van der Waals surface area contributed by atoms with Crippen LogP contribution in [0.3, 0.4) is 0 Å². The van der Waals surface area contributed by atoms with Gasteiger partial charge in [-0.2, -0.15) is 0 Å². The number of nitrogens with one attached hydrogen (secondary N) is 1. The number of ether oxygens (including phenoxy) is 1. The molecule has 0 aliphatic heterocycles. The number of hydrazine groups is 1. The number of carbonyl (C=O) groups is 2. The van der Waals surface area contributed by atoms with E-state index in [0.29, 0.717) is 6.54 Å². The van der Waals surface area contributed by atoms with Crippen LogP contribution in [0.4, 0.5) is 0 Å². The molecule has 0 aliphatic carbocycles. The normalized spacial score (nSPS) is 9.25. The summed E-state index contributed by atoms with van der Waals surface area (Å²) < 4.78 is 4.74. The van der Waals surface area contributed by atoms with Gasteiger partial charge in [0.1, 0.15) is 0 Å². The summed E-state index contributed by atoms with van der Waals surface area (Å²) in [5.41, 5.74) is 2.72. The monoisotopic (exact) mass is 224 g/mol. The maximum absolute atomic E-state index is 11.4. The number of hydrogen-bond donors (Lipinski definition) is 1. The van der Waals surface area contributed by atoms with Gasteiger partial charge in [0.15, 0.2) is 0 Å². The fourth-order valence-corrected chi connectivity index (χ4v) is 0.913. The SMILES string of the molecule is [B]=NCC(=O)N(CC(=O)OCC=C)NCC. The van der Waals surface area contributed by atoms with Gasteiger partial charge in [-0.1, -0.05) is 0 Å². The van der Waals surface area contributed by atoms with E-state index in [2.05, 4.69) is 16.9 Å². The molecule has 1 N–H and O–H groups in total. The Labute approximate surface area is 95.7 Å². The summed E-state index contributed by atoms with van der Waals surface area (Å²) in [6.07, 6.45) is 1.45. The number of nitrogens with zero attached hydrogens (tertiary/aromatic N) is 2. The molecule has 16 heavy (non-hydrogen) atoms. The summed E-state index contributed by atoms with van der Waals surface area (Å²) in [7, 11) is 4.89. The molecule has 0 aromatic carbocycles. The van der Waals surface area contributed by atoms with E-state index in [4.69, 9.17) is 12.4 Å². The van der Waals surface area contributed by atoms with Gasteiger partial charge < -0.3 is 0 Å². The standard InChI is InChI=1S/C9H15BN3O3/c1-3-5-16-9(15)7-13(12-4-2)8(14)6-11-10/h3,12H,1,4-7H2,2H3. The van der Waals surface area contributed by atoms with E-state index in [0.717, 1.165) is 5.01 Å². The Hall–Kier alpha value is -1.50. The fourth-order valence-electron chi connectivity index (χ4n) is 0.913. The van der Waals surface area contributed by atoms with Crippen molar-refractivity contribution in [3.05, 3.63) is 12.7 Å². The van der Waals surface area contributed by atoms with E-state index in [1.54, 1.807) is 6.92 Å². The Morgan fingerprint density at radius 1 is 1.62 bits per heavy atom. The Kier molecular flexibility index (Phi) is 7.96. The molecule has 0 fully saturated rings. The number of hydrogen-bond acceptors (Lipinski definition) is 5. The number of esters is 1.